The highest BCUT2D eigenvalue weighted by molar-refractivity contribution is 5.30. The van der Waals surface area contributed by atoms with E-state index in [1.54, 1.807) is 25.1 Å². The SMILES string of the molecule is Cc1cc(C(O)C(CN)c2cccc(F)c2)c(C)o1. The van der Waals surface area contributed by atoms with E-state index in [2.05, 4.69) is 0 Å². The van der Waals surface area contributed by atoms with Crippen LogP contribution in [0.5, 0.6) is 0 Å². The zero-order valence-corrected chi connectivity index (χ0v) is 11.1. The number of aliphatic hydroxyl groups excluding tert-OH is 1. The first-order valence-electron chi connectivity index (χ1n) is 6.23. The molecule has 1 aromatic carbocycles. The van der Waals surface area contributed by atoms with E-state index in [1.165, 1.54) is 12.1 Å². The van der Waals surface area contributed by atoms with E-state index in [4.69, 9.17) is 10.2 Å². The van der Waals surface area contributed by atoms with Crippen LogP contribution in [0.4, 0.5) is 4.39 Å². The standard InChI is InChI=1S/C15H18FNO2/c1-9-6-13(10(2)19-9)15(18)14(8-17)11-4-3-5-12(16)7-11/h3-7,14-15,18H,8,17H2,1-2H3. The molecule has 3 N–H and O–H groups in total. The largest absolute Gasteiger partial charge is 0.466 e. The first-order chi connectivity index (χ1) is 9.02. The van der Waals surface area contributed by atoms with Gasteiger partial charge >= 0.3 is 0 Å². The summed E-state index contributed by atoms with van der Waals surface area (Å²) in [6, 6.07) is 7.96. The van der Waals surface area contributed by atoms with E-state index < -0.39 is 6.10 Å². The van der Waals surface area contributed by atoms with E-state index >= 15 is 0 Å². The predicted octanol–water partition coefficient (Wildman–Crippen LogP) is 2.81. The minimum atomic E-state index is -0.802. The quantitative estimate of drug-likeness (QED) is 0.891. The van der Waals surface area contributed by atoms with Crippen molar-refractivity contribution in [3.8, 4) is 0 Å². The summed E-state index contributed by atoms with van der Waals surface area (Å²) < 4.78 is 18.7. The number of benzene rings is 1. The molecule has 1 aromatic heterocycles. The van der Waals surface area contributed by atoms with Gasteiger partial charge in [0.05, 0.1) is 6.10 Å². The van der Waals surface area contributed by atoms with Crippen LogP contribution in [-0.2, 0) is 0 Å². The van der Waals surface area contributed by atoms with Crippen molar-refractivity contribution in [3.05, 3.63) is 58.8 Å². The number of halogens is 1. The van der Waals surface area contributed by atoms with Crippen LogP contribution in [0.2, 0.25) is 0 Å². The molecule has 1 heterocycles. The van der Waals surface area contributed by atoms with Crippen molar-refractivity contribution in [3.63, 3.8) is 0 Å². The van der Waals surface area contributed by atoms with Crippen LogP contribution >= 0.6 is 0 Å². The second-order valence-corrected chi connectivity index (χ2v) is 4.71. The van der Waals surface area contributed by atoms with Gasteiger partial charge in [0.15, 0.2) is 0 Å². The molecule has 0 saturated heterocycles. The summed E-state index contributed by atoms with van der Waals surface area (Å²) in [5, 5.41) is 10.5. The van der Waals surface area contributed by atoms with Crippen LogP contribution in [0, 0.1) is 19.7 Å². The number of hydrogen-bond donors (Lipinski definition) is 2. The molecule has 0 saturated carbocycles. The Morgan fingerprint density at radius 3 is 2.58 bits per heavy atom. The van der Waals surface area contributed by atoms with Gasteiger partial charge in [0.1, 0.15) is 17.3 Å². The van der Waals surface area contributed by atoms with E-state index in [0.717, 1.165) is 5.76 Å². The summed E-state index contributed by atoms with van der Waals surface area (Å²) in [6.07, 6.45) is -0.802. The lowest BCUT2D eigenvalue weighted by Crippen LogP contribution is -2.20. The van der Waals surface area contributed by atoms with E-state index in [1.807, 2.05) is 6.92 Å². The summed E-state index contributed by atoms with van der Waals surface area (Å²) >= 11 is 0. The molecule has 19 heavy (non-hydrogen) atoms. The Bertz CT molecular complexity index is 565. The van der Waals surface area contributed by atoms with Crippen LogP contribution in [0.3, 0.4) is 0 Å². The van der Waals surface area contributed by atoms with E-state index in [0.29, 0.717) is 16.9 Å². The van der Waals surface area contributed by atoms with Crippen molar-refractivity contribution in [2.45, 2.75) is 25.9 Å². The molecule has 3 nitrogen and oxygen atoms in total. The molecule has 2 unspecified atom stereocenters. The molecular formula is C15H18FNO2. The number of nitrogens with two attached hydrogens (primary N) is 1. The Labute approximate surface area is 111 Å². The van der Waals surface area contributed by atoms with Gasteiger partial charge in [0.2, 0.25) is 0 Å². The minimum absolute atomic E-state index is 0.230. The first-order valence-corrected chi connectivity index (χ1v) is 6.23. The minimum Gasteiger partial charge on any atom is -0.466 e. The smallest absolute Gasteiger partial charge is 0.123 e. The Kier molecular flexibility index (Phi) is 4.02. The van der Waals surface area contributed by atoms with Crippen LogP contribution in [0.15, 0.2) is 34.7 Å². The molecule has 0 amide bonds. The molecule has 0 radical (unpaired) electrons. The molecule has 2 rings (SSSR count). The van der Waals surface area contributed by atoms with Crippen molar-refractivity contribution >= 4 is 0 Å². The summed E-state index contributed by atoms with van der Waals surface area (Å²) in [7, 11) is 0. The highest BCUT2D eigenvalue weighted by atomic mass is 19.1. The normalized spacial score (nSPS) is 14.4. The van der Waals surface area contributed by atoms with Crippen molar-refractivity contribution in [1.29, 1.82) is 0 Å². The fourth-order valence-corrected chi connectivity index (χ4v) is 2.35. The topological polar surface area (TPSA) is 59.4 Å². The Balaban J connectivity index is 2.34. The highest BCUT2D eigenvalue weighted by Crippen LogP contribution is 2.33. The second-order valence-electron chi connectivity index (χ2n) is 4.71. The molecule has 0 fully saturated rings. The highest BCUT2D eigenvalue weighted by Gasteiger charge is 2.25. The second kappa shape index (κ2) is 5.55. The molecule has 0 bridgehead atoms. The molecule has 0 aliphatic rings. The van der Waals surface area contributed by atoms with Gasteiger partial charge in [-0.2, -0.15) is 0 Å². The van der Waals surface area contributed by atoms with Gasteiger partial charge in [0, 0.05) is 18.0 Å². The Hall–Kier alpha value is -1.65. The maximum atomic E-state index is 13.3. The van der Waals surface area contributed by atoms with E-state index in [-0.39, 0.29) is 18.3 Å². The van der Waals surface area contributed by atoms with E-state index in [9.17, 15) is 9.50 Å². The molecule has 4 heteroatoms. The Morgan fingerprint density at radius 2 is 2.05 bits per heavy atom. The molecule has 0 aliphatic carbocycles. The molecule has 0 aliphatic heterocycles. The summed E-state index contributed by atoms with van der Waals surface area (Å²) in [5.41, 5.74) is 7.13. The molecule has 2 atom stereocenters. The lowest BCUT2D eigenvalue weighted by Gasteiger charge is -2.21. The molecular weight excluding hydrogens is 245 g/mol. The van der Waals surface area contributed by atoms with Crippen molar-refractivity contribution in [2.24, 2.45) is 5.73 Å². The van der Waals surface area contributed by atoms with Gasteiger partial charge in [-0.15, -0.1) is 0 Å². The Morgan fingerprint density at radius 1 is 1.32 bits per heavy atom. The fourth-order valence-electron chi connectivity index (χ4n) is 2.35. The summed E-state index contributed by atoms with van der Waals surface area (Å²) in [6.45, 7) is 3.85. The maximum absolute atomic E-state index is 13.3. The van der Waals surface area contributed by atoms with Crippen LogP contribution in [-0.4, -0.2) is 11.7 Å². The molecule has 2 aromatic rings. The number of hydrogen-bond acceptors (Lipinski definition) is 3. The van der Waals surface area contributed by atoms with Gasteiger partial charge in [-0.3, -0.25) is 0 Å². The van der Waals surface area contributed by atoms with Crippen LogP contribution < -0.4 is 5.73 Å². The third kappa shape index (κ3) is 2.85. The van der Waals surface area contributed by atoms with Crippen LogP contribution in [0.1, 0.15) is 34.7 Å². The average Bonchev–Trinajstić information content (AvgIpc) is 2.69. The lowest BCUT2D eigenvalue weighted by molar-refractivity contribution is 0.145. The zero-order chi connectivity index (χ0) is 14.0. The first kappa shape index (κ1) is 13.8. The van der Waals surface area contributed by atoms with Crippen molar-refractivity contribution < 1.29 is 13.9 Å². The zero-order valence-electron chi connectivity index (χ0n) is 11.1. The van der Waals surface area contributed by atoms with Crippen molar-refractivity contribution in [2.75, 3.05) is 6.54 Å². The lowest BCUT2D eigenvalue weighted by atomic mass is 9.89. The van der Waals surface area contributed by atoms with Gasteiger partial charge < -0.3 is 15.3 Å². The monoisotopic (exact) mass is 263 g/mol. The van der Waals surface area contributed by atoms with Gasteiger partial charge in [-0.05, 0) is 37.6 Å². The summed E-state index contributed by atoms with van der Waals surface area (Å²) in [4.78, 5) is 0. The number of rotatable bonds is 4. The third-order valence-electron chi connectivity index (χ3n) is 3.31. The number of aryl methyl sites for hydroxylation is 2. The predicted molar refractivity (Wildman–Crippen MR) is 71.3 cm³/mol. The molecule has 0 spiro atoms. The molecule has 102 valence electrons. The number of aliphatic hydroxyl groups is 1. The third-order valence-corrected chi connectivity index (χ3v) is 3.31. The average molecular weight is 263 g/mol. The fraction of sp³-hybridized carbons (Fsp3) is 0.333. The number of furan rings is 1. The van der Waals surface area contributed by atoms with Gasteiger partial charge in [-0.1, -0.05) is 12.1 Å². The van der Waals surface area contributed by atoms with Gasteiger partial charge in [0.25, 0.3) is 0 Å². The van der Waals surface area contributed by atoms with Crippen molar-refractivity contribution in [1.82, 2.24) is 0 Å². The van der Waals surface area contributed by atoms with Gasteiger partial charge in [-0.25, -0.2) is 4.39 Å². The maximum Gasteiger partial charge on any atom is 0.123 e. The summed E-state index contributed by atoms with van der Waals surface area (Å²) in [5.74, 6) is 0.719. The van der Waals surface area contributed by atoms with Crippen LogP contribution in [0.25, 0.3) is 0 Å².